The lowest BCUT2D eigenvalue weighted by Gasteiger charge is -2.13. The van der Waals surface area contributed by atoms with Crippen molar-refractivity contribution < 1.29 is 0 Å². The Hall–Kier alpha value is -16.2. The summed E-state index contributed by atoms with van der Waals surface area (Å²) in [6.45, 7) is 0. The average Bonchev–Trinajstić information content (AvgIpc) is 0.751. The minimum absolute atomic E-state index is 0.636. The molecule has 8 nitrogen and oxygen atoms in total. The molecule has 0 fully saturated rings. The number of rotatable bonds is 14. The van der Waals surface area contributed by atoms with Crippen molar-refractivity contribution in [1.29, 1.82) is 0 Å². The predicted molar refractivity (Wildman–Crippen MR) is 496 cm³/mol. The second kappa shape index (κ2) is 31.6. The monoisotopic (exact) mass is 1530 g/mol. The van der Waals surface area contributed by atoms with Crippen LogP contribution in [0.2, 0.25) is 0 Å². The lowest BCUT2D eigenvalue weighted by molar-refractivity contribution is 1.07. The van der Waals surface area contributed by atoms with E-state index < -0.39 is 0 Å². The highest BCUT2D eigenvalue weighted by Crippen LogP contribution is 2.41. The number of nitrogens with zero attached hydrogens (tertiary/aromatic N) is 8. The van der Waals surface area contributed by atoms with Crippen LogP contribution in [0.5, 0.6) is 0 Å². The highest BCUT2D eigenvalue weighted by atomic mass is 15.0. The highest BCUT2D eigenvalue weighted by Gasteiger charge is 2.19. The van der Waals surface area contributed by atoms with E-state index in [1.165, 1.54) is 59.6 Å². The smallest absolute Gasteiger partial charge is 0.164 e. The van der Waals surface area contributed by atoms with Crippen LogP contribution in [-0.2, 0) is 0 Å². The highest BCUT2D eigenvalue weighted by molar-refractivity contribution is 6.21. The molecule has 0 saturated carbocycles. The van der Waals surface area contributed by atoms with Crippen LogP contribution in [0.15, 0.2) is 437 Å². The summed E-state index contributed by atoms with van der Waals surface area (Å²) in [5.74, 6) is 3.84. The van der Waals surface area contributed by atoms with E-state index in [9.17, 15) is 0 Å². The Bertz CT molecular complexity index is 7520. The summed E-state index contributed by atoms with van der Waals surface area (Å²) in [6.07, 6.45) is 0. The van der Waals surface area contributed by atoms with E-state index in [-0.39, 0.29) is 0 Å². The van der Waals surface area contributed by atoms with Gasteiger partial charge < -0.3 is 0 Å². The average molecular weight is 1530 g/mol. The molecule has 560 valence electrons. The summed E-state index contributed by atoms with van der Waals surface area (Å²) in [7, 11) is 0. The number of hydrogen-bond acceptors (Lipinski definition) is 8. The largest absolute Gasteiger partial charge is 0.247 e. The topological polar surface area (TPSA) is 103 Å². The van der Waals surface area contributed by atoms with Gasteiger partial charge >= 0.3 is 0 Å². The van der Waals surface area contributed by atoms with Gasteiger partial charge in [0, 0.05) is 66.1 Å². The van der Waals surface area contributed by atoms with Gasteiger partial charge in [0.1, 0.15) is 0 Å². The molecule has 0 radical (unpaired) electrons. The maximum Gasteiger partial charge on any atom is 0.164 e. The van der Waals surface area contributed by atoms with Crippen molar-refractivity contribution in [2.45, 2.75) is 0 Å². The van der Waals surface area contributed by atoms with Gasteiger partial charge in [0.05, 0.1) is 22.4 Å². The lowest BCUT2D eigenvalue weighted by Crippen LogP contribution is -2.00. The van der Waals surface area contributed by atoms with E-state index in [4.69, 9.17) is 39.9 Å². The summed E-state index contributed by atoms with van der Waals surface area (Å²) in [6, 6.07) is 153. The Balaban J connectivity index is 0.000000148. The molecule has 4 heterocycles. The van der Waals surface area contributed by atoms with Crippen LogP contribution in [0.25, 0.3) is 222 Å². The van der Waals surface area contributed by atoms with Crippen LogP contribution in [-0.4, -0.2) is 39.9 Å². The van der Waals surface area contributed by atoms with E-state index >= 15 is 0 Å². The number of pyridine rings is 2. The molecule has 0 N–H and O–H groups in total. The van der Waals surface area contributed by atoms with Crippen LogP contribution in [0.4, 0.5) is 0 Å². The quantitative estimate of drug-likeness (QED) is 0.0992. The van der Waals surface area contributed by atoms with E-state index in [2.05, 4.69) is 364 Å². The Morgan fingerprint density at radius 2 is 0.383 bits per heavy atom. The third-order valence-electron chi connectivity index (χ3n) is 22.7. The molecule has 0 saturated heterocycles. The van der Waals surface area contributed by atoms with Crippen molar-refractivity contribution in [2.75, 3.05) is 0 Å². The minimum atomic E-state index is 0.636. The molecule has 0 aliphatic carbocycles. The van der Waals surface area contributed by atoms with Crippen LogP contribution < -0.4 is 0 Å². The van der Waals surface area contributed by atoms with Gasteiger partial charge in [-0.1, -0.05) is 425 Å². The van der Waals surface area contributed by atoms with Crippen molar-refractivity contribution in [3.63, 3.8) is 0 Å². The zero-order chi connectivity index (χ0) is 79.7. The summed E-state index contributed by atoms with van der Waals surface area (Å²) < 4.78 is 0. The zero-order valence-corrected chi connectivity index (χ0v) is 65.1. The van der Waals surface area contributed by atoms with E-state index in [1.54, 1.807) is 0 Å². The molecule has 120 heavy (non-hydrogen) atoms. The van der Waals surface area contributed by atoms with Gasteiger partial charge in [0.25, 0.3) is 0 Å². The fourth-order valence-corrected chi connectivity index (χ4v) is 16.3. The zero-order valence-electron chi connectivity index (χ0n) is 65.1. The lowest BCUT2D eigenvalue weighted by atomic mass is 9.94. The van der Waals surface area contributed by atoms with Crippen molar-refractivity contribution in [3.05, 3.63) is 437 Å². The second-order valence-electron chi connectivity index (χ2n) is 30.1. The molecule has 0 amide bonds. The van der Waals surface area contributed by atoms with Gasteiger partial charge in [0.2, 0.25) is 0 Å². The standard InChI is InChI=1S/2C56H36N4/c1-3-11-37(12-4-1)38-25-31-46(32-26-38)55-58-54(45-14-5-2-6-15-45)59-56(60-55)47-33-27-42(28-34-47)40-21-19-39(20-22-40)41-23-29-44(30-24-41)53-52-48-16-8-7-13-43(48)35-36-50(52)49-17-9-10-18-51(49)57-53;1-3-9-37(10-4-1)38-21-27-47(28-22-38)55-58-54(46-12-5-2-6-13-46)59-56(60-55)48-29-23-42(24-30-48)40-17-15-39(16-18-40)41-19-25-44(26-20-41)52-36-33-45-32-34-50-49-14-8-7-11-43(49)31-35-51(50)53(45)57-52/h2*1-36H. The number of aromatic nitrogens is 8. The first-order valence-corrected chi connectivity index (χ1v) is 40.4. The molecule has 0 unspecified atom stereocenters. The first kappa shape index (κ1) is 71.6. The summed E-state index contributed by atoms with van der Waals surface area (Å²) in [5.41, 5.74) is 25.6. The van der Waals surface area contributed by atoms with Crippen molar-refractivity contribution in [2.24, 2.45) is 0 Å². The SMILES string of the molecule is c1ccc(-c2ccc(-c3nc(-c4ccccc4)nc(-c4ccc(-c5ccc(-c6ccc(-c7ccc8ccc9c%10ccccc%10ccc9c8n7)cc6)cc5)cc4)n3)cc2)cc1.c1ccc(-c2ccc(-c3nc(-c4ccccc4)nc(-c4ccc(-c5ccc(-c6ccc(-c7nc8ccccc8c8ccc9ccccc9c78)cc6)cc5)cc4)n3)cc2)cc1. The first-order chi connectivity index (χ1) is 59.4. The molecular weight excluding hydrogens is 1460 g/mol. The Labute approximate surface area is 694 Å². The van der Waals surface area contributed by atoms with Crippen molar-refractivity contribution >= 4 is 64.9 Å². The molecule has 0 aliphatic heterocycles. The van der Waals surface area contributed by atoms with Crippen LogP contribution in [0.3, 0.4) is 0 Å². The van der Waals surface area contributed by atoms with Gasteiger partial charge in [-0.25, -0.2) is 39.9 Å². The van der Waals surface area contributed by atoms with E-state index in [1.807, 2.05) is 72.8 Å². The van der Waals surface area contributed by atoms with Crippen molar-refractivity contribution in [1.82, 2.24) is 39.9 Å². The fourth-order valence-electron chi connectivity index (χ4n) is 16.3. The van der Waals surface area contributed by atoms with Gasteiger partial charge in [-0.2, -0.15) is 0 Å². The molecule has 0 bridgehead atoms. The molecule has 8 heteroatoms. The van der Waals surface area contributed by atoms with Crippen LogP contribution in [0, 0.1) is 0 Å². The molecule has 0 aliphatic rings. The van der Waals surface area contributed by atoms with Crippen LogP contribution in [0.1, 0.15) is 0 Å². The summed E-state index contributed by atoms with van der Waals surface area (Å²) in [5, 5.41) is 12.1. The maximum absolute atomic E-state index is 5.23. The molecule has 0 spiro atoms. The van der Waals surface area contributed by atoms with Crippen LogP contribution >= 0.6 is 0 Å². The fraction of sp³-hybridized carbons (Fsp3) is 0. The predicted octanol–water partition coefficient (Wildman–Crippen LogP) is 28.8. The molecule has 18 aromatic carbocycles. The Morgan fingerprint density at radius 1 is 0.125 bits per heavy atom. The Kier molecular flexibility index (Phi) is 18.8. The minimum Gasteiger partial charge on any atom is -0.247 e. The van der Waals surface area contributed by atoms with Gasteiger partial charge in [-0.05, 0) is 111 Å². The van der Waals surface area contributed by atoms with Gasteiger partial charge in [0.15, 0.2) is 34.9 Å². The molecule has 0 atom stereocenters. The van der Waals surface area contributed by atoms with Crippen molar-refractivity contribution in [3.8, 4) is 158 Å². The Morgan fingerprint density at radius 3 is 0.775 bits per heavy atom. The number of hydrogen-bond donors (Lipinski definition) is 0. The van der Waals surface area contributed by atoms with E-state index in [0.29, 0.717) is 34.9 Å². The number of para-hydroxylation sites is 1. The maximum atomic E-state index is 5.23. The summed E-state index contributed by atoms with van der Waals surface area (Å²) in [4.78, 5) is 40.2. The van der Waals surface area contributed by atoms with Gasteiger partial charge in [-0.15, -0.1) is 0 Å². The third-order valence-corrected chi connectivity index (χ3v) is 22.7. The van der Waals surface area contributed by atoms with E-state index in [0.717, 1.165) is 128 Å². The second-order valence-corrected chi connectivity index (χ2v) is 30.1. The third kappa shape index (κ3) is 14.3. The normalized spacial score (nSPS) is 11.3. The number of fused-ring (bicyclic) bond motifs is 10. The molecule has 4 aromatic heterocycles. The summed E-state index contributed by atoms with van der Waals surface area (Å²) >= 11 is 0. The first-order valence-electron chi connectivity index (χ1n) is 40.4. The molecular formula is C112H72N8. The van der Waals surface area contributed by atoms with Gasteiger partial charge in [-0.3, -0.25) is 0 Å². The molecule has 22 rings (SSSR count). The number of benzene rings is 18. The molecule has 22 aromatic rings.